The van der Waals surface area contributed by atoms with Crippen molar-refractivity contribution in [3.05, 3.63) is 59.2 Å². The number of hydrogen-bond acceptors (Lipinski definition) is 4. The number of aldehydes is 2. The minimum Gasteiger partial charge on any atom is -0.497 e. The molecule has 102 valence electrons. The van der Waals surface area contributed by atoms with Crippen molar-refractivity contribution in [2.75, 3.05) is 7.11 Å². The minimum atomic E-state index is 0.313. The van der Waals surface area contributed by atoms with Crippen molar-refractivity contribution >= 4 is 12.6 Å². The summed E-state index contributed by atoms with van der Waals surface area (Å²) < 4.78 is 10.7. The van der Waals surface area contributed by atoms with Crippen molar-refractivity contribution in [3.63, 3.8) is 0 Å². The predicted molar refractivity (Wildman–Crippen MR) is 74.5 cm³/mol. The largest absolute Gasteiger partial charge is 0.497 e. The Kier molecular flexibility index (Phi) is 4.50. The van der Waals surface area contributed by atoms with Gasteiger partial charge in [-0.2, -0.15) is 0 Å². The molecular formula is C16H14O4. The molecule has 0 aliphatic rings. The molecule has 2 rings (SSSR count). The zero-order chi connectivity index (χ0) is 14.4. The van der Waals surface area contributed by atoms with Crippen LogP contribution in [0.2, 0.25) is 0 Å². The van der Waals surface area contributed by atoms with Crippen molar-refractivity contribution < 1.29 is 19.1 Å². The van der Waals surface area contributed by atoms with E-state index in [4.69, 9.17) is 9.47 Å². The SMILES string of the molecule is COc1ccc(COc2cc(C=O)ccc2C=O)cc1. The Bertz CT molecular complexity index is 602. The first-order chi connectivity index (χ1) is 9.76. The summed E-state index contributed by atoms with van der Waals surface area (Å²) >= 11 is 0. The lowest BCUT2D eigenvalue weighted by Gasteiger charge is -2.09. The van der Waals surface area contributed by atoms with Gasteiger partial charge in [0.1, 0.15) is 24.4 Å². The Balaban J connectivity index is 2.12. The summed E-state index contributed by atoms with van der Waals surface area (Å²) in [5, 5.41) is 0. The fraction of sp³-hybridized carbons (Fsp3) is 0.125. The lowest BCUT2D eigenvalue weighted by molar-refractivity contribution is 0.110. The van der Waals surface area contributed by atoms with Gasteiger partial charge in [0, 0.05) is 5.56 Å². The molecule has 0 N–H and O–H groups in total. The van der Waals surface area contributed by atoms with E-state index in [0.29, 0.717) is 29.8 Å². The predicted octanol–water partition coefficient (Wildman–Crippen LogP) is 2.90. The summed E-state index contributed by atoms with van der Waals surface area (Å²) in [7, 11) is 1.60. The Morgan fingerprint density at radius 1 is 1.00 bits per heavy atom. The van der Waals surface area contributed by atoms with E-state index in [1.807, 2.05) is 24.3 Å². The molecule has 0 heterocycles. The second-order valence-electron chi connectivity index (χ2n) is 4.17. The first kappa shape index (κ1) is 13.8. The van der Waals surface area contributed by atoms with Gasteiger partial charge in [-0.25, -0.2) is 0 Å². The third-order valence-electron chi connectivity index (χ3n) is 2.85. The summed E-state index contributed by atoms with van der Waals surface area (Å²) in [6.07, 6.45) is 1.42. The van der Waals surface area contributed by atoms with Gasteiger partial charge in [-0.1, -0.05) is 18.2 Å². The zero-order valence-electron chi connectivity index (χ0n) is 11.0. The molecule has 2 aromatic carbocycles. The maximum Gasteiger partial charge on any atom is 0.153 e. The van der Waals surface area contributed by atoms with Crippen molar-refractivity contribution in [1.29, 1.82) is 0 Å². The Morgan fingerprint density at radius 3 is 2.35 bits per heavy atom. The molecule has 0 fully saturated rings. The van der Waals surface area contributed by atoms with Crippen LogP contribution in [0, 0.1) is 0 Å². The van der Waals surface area contributed by atoms with E-state index in [1.165, 1.54) is 0 Å². The van der Waals surface area contributed by atoms with E-state index in [2.05, 4.69) is 0 Å². The van der Waals surface area contributed by atoms with Crippen LogP contribution in [0.3, 0.4) is 0 Å². The van der Waals surface area contributed by atoms with Gasteiger partial charge >= 0.3 is 0 Å². The quantitative estimate of drug-likeness (QED) is 0.757. The molecule has 0 radical (unpaired) electrons. The maximum atomic E-state index is 10.9. The first-order valence-corrected chi connectivity index (χ1v) is 6.07. The number of carbonyl (C=O) groups is 2. The van der Waals surface area contributed by atoms with E-state index in [0.717, 1.165) is 17.6 Å². The molecule has 2 aromatic rings. The second-order valence-corrected chi connectivity index (χ2v) is 4.17. The number of methoxy groups -OCH3 is 1. The van der Waals surface area contributed by atoms with Crippen LogP contribution in [0.1, 0.15) is 26.3 Å². The zero-order valence-corrected chi connectivity index (χ0v) is 11.0. The molecule has 4 heteroatoms. The van der Waals surface area contributed by atoms with Gasteiger partial charge in [-0.05, 0) is 29.8 Å². The van der Waals surface area contributed by atoms with Crippen molar-refractivity contribution in [2.45, 2.75) is 6.61 Å². The third kappa shape index (κ3) is 3.23. The summed E-state index contributed by atoms with van der Waals surface area (Å²) in [5.74, 6) is 1.17. The standard InChI is InChI=1S/C16H14O4/c1-19-15-6-3-12(4-7-15)11-20-16-8-13(9-17)2-5-14(16)10-18/h2-10H,11H2,1H3. The van der Waals surface area contributed by atoms with Crippen LogP contribution in [0.15, 0.2) is 42.5 Å². The highest BCUT2D eigenvalue weighted by atomic mass is 16.5. The minimum absolute atomic E-state index is 0.313. The van der Waals surface area contributed by atoms with Gasteiger partial charge in [-0.3, -0.25) is 9.59 Å². The van der Waals surface area contributed by atoms with E-state index >= 15 is 0 Å². The van der Waals surface area contributed by atoms with Crippen LogP contribution >= 0.6 is 0 Å². The van der Waals surface area contributed by atoms with Crippen LogP contribution < -0.4 is 9.47 Å². The molecule has 0 saturated heterocycles. The molecule has 0 aliphatic heterocycles. The average molecular weight is 270 g/mol. The summed E-state index contributed by atoms with van der Waals surface area (Å²) in [4.78, 5) is 21.7. The van der Waals surface area contributed by atoms with Crippen LogP contribution in [0.25, 0.3) is 0 Å². The summed E-state index contributed by atoms with van der Waals surface area (Å²) in [6, 6.07) is 12.1. The second kappa shape index (κ2) is 6.52. The molecule has 0 aliphatic carbocycles. The highest BCUT2D eigenvalue weighted by molar-refractivity contribution is 5.83. The first-order valence-electron chi connectivity index (χ1n) is 6.07. The van der Waals surface area contributed by atoms with Gasteiger partial charge in [0.05, 0.1) is 12.7 Å². The fourth-order valence-corrected chi connectivity index (χ4v) is 1.73. The molecule has 4 nitrogen and oxygen atoms in total. The highest BCUT2D eigenvalue weighted by Gasteiger charge is 2.05. The van der Waals surface area contributed by atoms with Gasteiger partial charge in [0.25, 0.3) is 0 Å². The Hall–Kier alpha value is -2.62. The number of ether oxygens (including phenoxy) is 2. The molecule has 0 aromatic heterocycles. The summed E-state index contributed by atoms with van der Waals surface area (Å²) in [6.45, 7) is 0.313. The lowest BCUT2D eigenvalue weighted by atomic mass is 10.1. The normalized spacial score (nSPS) is 9.85. The Morgan fingerprint density at radius 2 is 1.75 bits per heavy atom. The topological polar surface area (TPSA) is 52.6 Å². The molecule has 0 amide bonds. The van der Waals surface area contributed by atoms with E-state index in [9.17, 15) is 9.59 Å². The van der Waals surface area contributed by atoms with E-state index < -0.39 is 0 Å². The van der Waals surface area contributed by atoms with Crippen LogP contribution in [-0.4, -0.2) is 19.7 Å². The lowest BCUT2D eigenvalue weighted by Crippen LogP contribution is -1.99. The monoisotopic (exact) mass is 270 g/mol. The van der Waals surface area contributed by atoms with Gasteiger partial charge in [0.2, 0.25) is 0 Å². The van der Waals surface area contributed by atoms with E-state index in [1.54, 1.807) is 25.3 Å². The fourth-order valence-electron chi connectivity index (χ4n) is 1.73. The number of benzene rings is 2. The van der Waals surface area contributed by atoms with Crippen molar-refractivity contribution in [2.24, 2.45) is 0 Å². The van der Waals surface area contributed by atoms with Gasteiger partial charge < -0.3 is 9.47 Å². The molecule has 0 unspecified atom stereocenters. The summed E-state index contributed by atoms with van der Waals surface area (Å²) in [5.41, 5.74) is 1.84. The molecule has 0 atom stereocenters. The number of rotatable bonds is 6. The van der Waals surface area contributed by atoms with Crippen LogP contribution in [-0.2, 0) is 6.61 Å². The van der Waals surface area contributed by atoms with Crippen molar-refractivity contribution in [3.8, 4) is 11.5 Å². The van der Waals surface area contributed by atoms with Crippen LogP contribution in [0.4, 0.5) is 0 Å². The number of carbonyl (C=O) groups excluding carboxylic acids is 2. The van der Waals surface area contributed by atoms with Gasteiger partial charge in [-0.15, -0.1) is 0 Å². The number of hydrogen-bond donors (Lipinski definition) is 0. The van der Waals surface area contributed by atoms with E-state index in [-0.39, 0.29) is 0 Å². The average Bonchev–Trinajstić information content (AvgIpc) is 2.53. The molecule has 0 saturated carbocycles. The molecule has 0 spiro atoms. The molecule has 0 bridgehead atoms. The Labute approximate surface area is 116 Å². The van der Waals surface area contributed by atoms with Crippen LogP contribution in [0.5, 0.6) is 11.5 Å². The molecular weight excluding hydrogens is 256 g/mol. The highest BCUT2D eigenvalue weighted by Crippen LogP contribution is 2.20. The molecule has 20 heavy (non-hydrogen) atoms. The van der Waals surface area contributed by atoms with Gasteiger partial charge in [0.15, 0.2) is 6.29 Å². The smallest absolute Gasteiger partial charge is 0.153 e. The van der Waals surface area contributed by atoms with Crippen molar-refractivity contribution in [1.82, 2.24) is 0 Å². The third-order valence-corrected chi connectivity index (χ3v) is 2.85. The maximum absolute atomic E-state index is 10.9.